The Hall–Kier alpha value is -3.59. The molecule has 0 saturated carbocycles. The Morgan fingerprint density at radius 3 is 2.26 bits per heavy atom. The highest BCUT2D eigenvalue weighted by Gasteiger charge is 2.26. The molecular weight excluding hydrogens is 448 g/mol. The molecule has 0 bridgehead atoms. The fraction of sp³-hybridized carbons (Fsp3) is 0.423. The number of carbonyl (C=O) groups excluding carboxylic acids is 3. The third-order valence-electron chi connectivity index (χ3n) is 6.32. The molecule has 0 aliphatic carbocycles. The molecule has 5 N–H and O–H groups in total. The van der Waals surface area contributed by atoms with Gasteiger partial charge in [-0.1, -0.05) is 12.1 Å². The van der Waals surface area contributed by atoms with Crippen LogP contribution in [0.15, 0.2) is 36.4 Å². The number of benzene rings is 2. The van der Waals surface area contributed by atoms with Crippen LogP contribution in [0.25, 0.3) is 0 Å². The topological polar surface area (TPSA) is 132 Å². The molecule has 1 saturated heterocycles. The van der Waals surface area contributed by atoms with Crippen molar-refractivity contribution in [1.29, 1.82) is 0 Å². The fourth-order valence-corrected chi connectivity index (χ4v) is 4.31. The van der Waals surface area contributed by atoms with Crippen molar-refractivity contribution < 1.29 is 23.9 Å². The van der Waals surface area contributed by atoms with Crippen molar-refractivity contribution in [1.82, 2.24) is 10.6 Å². The van der Waals surface area contributed by atoms with E-state index in [0.717, 1.165) is 31.5 Å². The Bertz CT molecular complexity index is 1050. The lowest BCUT2D eigenvalue weighted by atomic mass is 9.86. The van der Waals surface area contributed by atoms with Crippen LogP contribution in [0.3, 0.4) is 0 Å². The Labute approximate surface area is 205 Å². The monoisotopic (exact) mass is 482 g/mol. The van der Waals surface area contributed by atoms with E-state index in [2.05, 4.69) is 16.0 Å². The molecule has 9 nitrogen and oxygen atoms in total. The minimum atomic E-state index is -0.749. The molecule has 1 atom stereocenters. The van der Waals surface area contributed by atoms with Crippen molar-refractivity contribution >= 4 is 23.4 Å². The van der Waals surface area contributed by atoms with Crippen LogP contribution in [0.2, 0.25) is 0 Å². The van der Waals surface area contributed by atoms with Crippen LogP contribution in [-0.4, -0.2) is 51.6 Å². The van der Waals surface area contributed by atoms with Gasteiger partial charge in [0.25, 0.3) is 0 Å². The van der Waals surface area contributed by atoms with Gasteiger partial charge in [-0.05, 0) is 80.6 Å². The van der Waals surface area contributed by atoms with E-state index in [-0.39, 0.29) is 18.2 Å². The summed E-state index contributed by atoms with van der Waals surface area (Å²) in [5.41, 5.74) is 8.07. The lowest BCUT2D eigenvalue weighted by Gasteiger charge is -2.22. The number of methoxy groups -OCH3 is 2. The Kier molecular flexibility index (Phi) is 9.08. The van der Waals surface area contributed by atoms with E-state index >= 15 is 0 Å². The number of nitrogens with one attached hydrogen (secondary N) is 3. The van der Waals surface area contributed by atoms with Crippen molar-refractivity contribution in [3.05, 3.63) is 53.1 Å². The minimum Gasteiger partial charge on any atom is -0.493 e. The lowest BCUT2D eigenvalue weighted by molar-refractivity contribution is -0.119. The maximum Gasteiger partial charge on any atom is 0.319 e. The number of amides is 3. The zero-order chi connectivity index (χ0) is 25.4. The van der Waals surface area contributed by atoms with Gasteiger partial charge < -0.3 is 31.2 Å². The third kappa shape index (κ3) is 6.95. The van der Waals surface area contributed by atoms with Gasteiger partial charge in [-0.2, -0.15) is 0 Å². The lowest BCUT2D eigenvalue weighted by Crippen LogP contribution is -2.37. The summed E-state index contributed by atoms with van der Waals surface area (Å²) in [6, 6.07) is 10.2. The van der Waals surface area contributed by atoms with E-state index in [0.29, 0.717) is 40.8 Å². The average molecular weight is 483 g/mol. The van der Waals surface area contributed by atoms with E-state index < -0.39 is 11.8 Å². The molecule has 0 aromatic heterocycles. The number of hydrogen-bond donors (Lipinski definition) is 4. The summed E-state index contributed by atoms with van der Waals surface area (Å²) in [5, 5.41) is 9.08. The number of nitrogens with two attached hydrogens (primary N) is 1. The summed E-state index contributed by atoms with van der Waals surface area (Å²) in [4.78, 5) is 37.0. The minimum absolute atomic E-state index is 0.206. The van der Waals surface area contributed by atoms with E-state index in [1.165, 1.54) is 21.1 Å². The molecule has 0 radical (unpaired) electrons. The van der Waals surface area contributed by atoms with Crippen molar-refractivity contribution in [3.63, 3.8) is 0 Å². The molecule has 1 unspecified atom stereocenters. The van der Waals surface area contributed by atoms with Gasteiger partial charge in [0, 0.05) is 17.8 Å². The Balaban J connectivity index is 1.70. The Morgan fingerprint density at radius 1 is 1.06 bits per heavy atom. The van der Waals surface area contributed by atoms with Crippen LogP contribution < -0.4 is 31.2 Å². The molecule has 2 aromatic carbocycles. The largest absolute Gasteiger partial charge is 0.493 e. The molecule has 1 aliphatic heterocycles. The van der Waals surface area contributed by atoms with Crippen molar-refractivity contribution in [2.24, 2.45) is 11.7 Å². The number of Topliss-reactive ketones (excluding diaryl/α,β-unsaturated/α-hetero) is 1. The zero-order valence-electron chi connectivity index (χ0n) is 20.5. The van der Waals surface area contributed by atoms with Crippen molar-refractivity contribution in [2.45, 2.75) is 32.1 Å². The van der Waals surface area contributed by atoms with Gasteiger partial charge >= 0.3 is 6.03 Å². The molecule has 188 valence electrons. The molecular formula is C26H34N4O5. The SMILES string of the molecule is COc1cc(C(C)=O)c(C(Cc2ccc(NC(=O)NCC3CCNCC3)cc2)C(N)=O)cc1OC. The quantitative estimate of drug-likeness (QED) is 0.385. The number of hydrogen-bond acceptors (Lipinski definition) is 6. The van der Waals surface area contributed by atoms with Gasteiger partial charge in [0.2, 0.25) is 5.91 Å². The second-order valence-electron chi connectivity index (χ2n) is 8.74. The number of piperidine rings is 1. The summed E-state index contributed by atoms with van der Waals surface area (Å²) in [6.07, 6.45) is 2.40. The summed E-state index contributed by atoms with van der Waals surface area (Å²) < 4.78 is 10.7. The van der Waals surface area contributed by atoms with Crippen LogP contribution in [0.1, 0.15) is 47.2 Å². The molecule has 1 aliphatic rings. The van der Waals surface area contributed by atoms with E-state index in [9.17, 15) is 14.4 Å². The van der Waals surface area contributed by atoms with Gasteiger partial charge in [0.1, 0.15) is 0 Å². The molecule has 2 aromatic rings. The first-order valence-electron chi connectivity index (χ1n) is 11.7. The van der Waals surface area contributed by atoms with Crippen LogP contribution >= 0.6 is 0 Å². The number of rotatable bonds is 10. The highest BCUT2D eigenvalue weighted by Crippen LogP contribution is 2.35. The van der Waals surface area contributed by atoms with Gasteiger partial charge in [0.15, 0.2) is 17.3 Å². The highest BCUT2D eigenvalue weighted by atomic mass is 16.5. The van der Waals surface area contributed by atoms with E-state index in [1.54, 1.807) is 24.3 Å². The van der Waals surface area contributed by atoms with Gasteiger partial charge in [-0.3, -0.25) is 9.59 Å². The zero-order valence-corrected chi connectivity index (χ0v) is 20.5. The summed E-state index contributed by atoms with van der Waals surface area (Å²) in [7, 11) is 2.97. The maximum absolute atomic E-state index is 12.4. The predicted octanol–water partition coefficient (Wildman–Crippen LogP) is 2.84. The average Bonchev–Trinajstić information content (AvgIpc) is 2.86. The van der Waals surface area contributed by atoms with Crippen LogP contribution in [0.4, 0.5) is 10.5 Å². The van der Waals surface area contributed by atoms with Crippen LogP contribution in [0, 0.1) is 5.92 Å². The number of primary amides is 1. The van der Waals surface area contributed by atoms with Crippen molar-refractivity contribution in [2.75, 3.05) is 39.2 Å². The van der Waals surface area contributed by atoms with E-state index in [1.807, 2.05) is 12.1 Å². The second-order valence-corrected chi connectivity index (χ2v) is 8.74. The first-order valence-corrected chi connectivity index (χ1v) is 11.7. The highest BCUT2D eigenvalue weighted by molar-refractivity contribution is 5.98. The smallest absolute Gasteiger partial charge is 0.319 e. The Morgan fingerprint density at radius 2 is 1.69 bits per heavy atom. The number of ether oxygens (including phenoxy) is 2. The van der Waals surface area contributed by atoms with E-state index in [4.69, 9.17) is 15.2 Å². The summed E-state index contributed by atoms with van der Waals surface area (Å²) in [6.45, 7) is 4.05. The molecule has 1 fully saturated rings. The van der Waals surface area contributed by atoms with Crippen LogP contribution in [0.5, 0.6) is 11.5 Å². The molecule has 3 amide bonds. The number of ketones is 1. The molecule has 9 heteroatoms. The fourth-order valence-electron chi connectivity index (χ4n) is 4.31. The predicted molar refractivity (Wildman–Crippen MR) is 134 cm³/mol. The molecule has 0 spiro atoms. The summed E-state index contributed by atoms with van der Waals surface area (Å²) >= 11 is 0. The number of anilines is 1. The maximum atomic E-state index is 12.4. The number of urea groups is 1. The van der Waals surface area contributed by atoms with Gasteiger partial charge in [0.05, 0.1) is 20.1 Å². The summed E-state index contributed by atoms with van der Waals surface area (Å²) in [5.74, 6) is -0.207. The van der Waals surface area contributed by atoms with Gasteiger partial charge in [-0.15, -0.1) is 0 Å². The molecule has 35 heavy (non-hydrogen) atoms. The first kappa shape index (κ1) is 26.0. The molecule has 1 heterocycles. The third-order valence-corrected chi connectivity index (χ3v) is 6.32. The second kappa shape index (κ2) is 12.2. The normalized spacial score (nSPS) is 14.6. The van der Waals surface area contributed by atoms with Crippen molar-refractivity contribution in [3.8, 4) is 11.5 Å². The molecule has 3 rings (SSSR count). The van der Waals surface area contributed by atoms with Gasteiger partial charge in [-0.25, -0.2) is 4.79 Å². The first-order chi connectivity index (χ1) is 16.8. The van der Waals surface area contributed by atoms with Crippen LogP contribution in [-0.2, 0) is 11.2 Å². The number of carbonyl (C=O) groups is 3. The standard InChI is InChI=1S/C26H34N4O5/c1-16(31)20-13-23(34-2)24(35-3)14-21(20)22(25(27)32)12-17-4-6-19(7-5-17)30-26(33)29-15-18-8-10-28-11-9-18/h4-7,13-14,18,22,28H,8-12,15H2,1-3H3,(H2,27,32)(H2,29,30,33).